The molecule has 0 bridgehead atoms. The smallest absolute Gasteiger partial charge is 0.293 e. The lowest BCUT2D eigenvalue weighted by Gasteiger charge is -2.16. The van der Waals surface area contributed by atoms with Crippen LogP contribution < -0.4 is 5.32 Å². The summed E-state index contributed by atoms with van der Waals surface area (Å²) in [5.74, 6) is -0.342. The Kier molecular flexibility index (Phi) is 3.88. The number of aromatic amines is 1. The van der Waals surface area contributed by atoms with Crippen LogP contribution in [0.1, 0.15) is 35.6 Å². The molecule has 2 rings (SSSR count). The van der Waals surface area contributed by atoms with E-state index in [9.17, 15) is 4.79 Å². The molecule has 1 atom stereocenters. The maximum Gasteiger partial charge on any atom is 0.293 e. The second-order valence-electron chi connectivity index (χ2n) is 3.72. The van der Waals surface area contributed by atoms with Crippen LogP contribution in [0.15, 0.2) is 24.3 Å². The Morgan fingerprint density at radius 1 is 1.56 bits per heavy atom. The Morgan fingerprint density at radius 2 is 2.39 bits per heavy atom. The summed E-state index contributed by atoms with van der Waals surface area (Å²) in [5, 5.41) is 16.3. The summed E-state index contributed by atoms with van der Waals surface area (Å²) >= 11 is 5.93. The van der Waals surface area contributed by atoms with Crippen molar-refractivity contribution >= 4 is 17.5 Å². The number of H-pyrrole nitrogens is 1. The van der Waals surface area contributed by atoms with E-state index in [2.05, 4.69) is 25.9 Å². The van der Waals surface area contributed by atoms with Crippen LogP contribution in [0.5, 0.6) is 0 Å². The SMILES string of the molecule is CCC(NC(=O)c1nn[nH]n1)c1cccc(Cl)c1. The van der Waals surface area contributed by atoms with E-state index in [1.165, 1.54) is 0 Å². The Morgan fingerprint density at radius 3 is 3.00 bits per heavy atom. The topological polar surface area (TPSA) is 83.6 Å². The normalized spacial score (nSPS) is 12.1. The molecule has 0 aliphatic rings. The largest absolute Gasteiger partial charge is 0.342 e. The molecule has 6 nitrogen and oxygen atoms in total. The van der Waals surface area contributed by atoms with Crippen molar-refractivity contribution in [2.24, 2.45) is 0 Å². The predicted octanol–water partition coefficient (Wildman–Crippen LogP) is 1.73. The fourth-order valence-electron chi connectivity index (χ4n) is 1.63. The Balaban J connectivity index is 2.13. The number of tetrazole rings is 1. The van der Waals surface area contributed by atoms with Gasteiger partial charge in [-0.1, -0.05) is 30.7 Å². The minimum Gasteiger partial charge on any atom is -0.342 e. The molecule has 1 amide bonds. The molecule has 18 heavy (non-hydrogen) atoms. The number of aromatic nitrogens is 4. The molecule has 0 aliphatic heterocycles. The molecule has 94 valence electrons. The monoisotopic (exact) mass is 265 g/mol. The van der Waals surface area contributed by atoms with Crippen molar-refractivity contribution in [3.05, 3.63) is 40.7 Å². The first-order valence-corrected chi connectivity index (χ1v) is 5.88. The maximum absolute atomic E-state index is 11.8. The van der Waals surface area contributed by atoms with Crippen molar-refractivity contribution in [3.63, 3.8) is 0 Å². The van der Waals surface area contributed by atoms with E-state index in [4.69, 9.17) is 11.6 Å². The van der Waals surface area contributed by atoms with Crippen molar-refractivity contribution in [2.75, 3.05) is 0 Å². The molecule has 7 heteroatoms. The minimum absolute atomic E-state index is 0.0236. The first kappa shape index (κ1) is 12.5. The number of halogens is 1. The Bertz CT molecular complexity index is 528. The van der Waals surface area contributed by atoms with E-state index in [0.29, 0.717) is 5.02 Å². The average molecular weight is 266 g/mol. The lowest BCUT2D eigenvalue weighted by atomic mass is 10.0. The van der Waals surface area contributed by atoms with Gasteiger partial charge in [-0.3, -0.25) is 4.79 Å². The van der Waals surface area contributed by atoms with Gasteiger partial charge in [0.15, 0.2) is 0 Å². The van der Waals surface area contributed by atoms with Crippen molar-refractivity contribution in [2.45, 2.75) is 19.4 Å². The number of nitrogens with one attached hydrogen (secondary N) is 2. The highest BCUT2D eigenvalue weighted by Crippen LogP contribution is 2.20. The lowest BCUT2D eigenvalue weighted by molar-refractivity contribution is 0.0925. The fourth-order valence-corrected chi connectivity index (χ4v) is 1.82. The molecule has 0 saturated heterocycles. The van der Waals surface area contributed by atoms with E-state index in [1.807, 2.05) is 25.1 Å². The van der Waals surface area contributed by atoms with Gasteiger partial charge in [-0.05, 0) is 29.3 Å². The summed E-state index contributed by atoms with van der Waals surface area (Å²) in [6.07, 6.45) is 0.740. The molecule has 1 unspecified atom stereocenters. The number of carbonyl (C=O) groups is 1. The van der Waals surface area contributed by atoms with Crippen molar-refractivity contribution < 1.29 is 4.79 Å². The summed E-state index contributed by atoms with van der Waals surface area (Å²) in [5.41, 5.74) is 0.946. The van der Waals surface area contributed by atoms with Crippen LogP contribution in [-0.4, -0.2) is 26.5 Å². The van der Waals surface area contributed by atoms with Gasteiger partial charge in [0.05, 0.1) is 6.04 Å². The zero-order chi connectivity index (χ0) is 13.0. The molecule has 0 spiro atoms. The molecule has 2 aromatic rings. The van der Waals surface area contributed by atoms with Crippen LogP contribution in [0.4, 0.5) is 0 Å². The third-order valence-electron chi connectivity index (χ3n) is 2.51. The molecule has 0 aliphatic carbocycles. The number of rotatable bonds is 4. The molecule has 2 N–H and O–H groups in total. The van der Waals surface area contributed by atoms with Gasteiger partial charge in [0, 0.05) is 5.02 Å². The molecule has 1 aromatic heterocycles. The van der Waals surface area contributed by atoms with Crippen molar-refractivity contribution in [1.82, 2.24) is 25.9 Å². The standard InChI is InChI=1S/C11H12ClN5O/c1-2-9(7-4-3-5-8(12)6-7)13-11(18)10-14-16-17-15-10/h3-6,9H,2H2,1H3,(H,13,18)(H,14,15,16,17). The van der Waals surface area contributed by atoms with Crippen LogP contribution in [0.25, 0.3) is 0 Å². The highest BCUT2D eigenvalue weighted by atomic mass is 35.5. The molecular formula is C11H12ClN5O. The van der Waals surface area contributed by atoms with Crippen molar-refractivity contribution in [3.8, 4) is 0 Å². The van der Waals surface area contributed by atoms with Crippen LogP contribution in [0.3, 0.4) is 0 Å². The van der Waals surface area contributed by atoms with Gasteiger partial charge in [0.1, 0.15) is 0 Å². The molecule has 0 saturated carbocycles. The second kappa shape index (κ2) is 5.59. The number of hydrogen-bond acceptors (Lipinski definition) is 4. The van der Waals surface area contributed by atoms with Gasteiger partial charge < -0.3 is 5.32 Å². The van der Waals surface area contributed by atoms with Gasteiger partial charge >= 0.3 is 0 Å². The first-order valence-electron chi connectivity index (χ1n) is 5.50. The molecule has 0 radical (unpaired) electrons. The fraction of sp³-hybridized carbons (Fsp3) is 0.273. The third kappa shape index (κ3) is 2.84. The van der Waals surface area contributed by atoms with Gasteiger partial charge in [-0.15, -0.1) is 10.2 Å². The van der Waals surface area contributed by atoms with E-state index in [1.54, 1.807) is 6.07 Å². The highest BCUT2D eigenvalue weighted by Gasteiger charge is 2.17. The number of carbonyl (C=O) groups excluding carboxylic acids is 1. The molecule has 1 heterocycles. The van der Waals surface area contributed by atoms with E-state index < -0.39 is 0 Å². The van der Waals surface area contributed by atoms with Gasteiger partial charge in [-0.2, -0.15) is 5.21 Å². The van der Waals surface area contributed by atoms with Crippen molar-refractivity contribution in [1.29, 1.82) is 0 Å². The molecule has 0 fully saturated rings. The zero-order valence-electron chi connectivity index (χ0n) is 9.72. The van der Waals surface area contributed by atoms with Gasteiger partial charge in [0.2, 0.25) is 0 Å². The third-order valence-corrected chi connectivity index (χ3v) is 2.75. The number of benzene rings is 1. The quantitative estimate of drug-likeness (QED) is 0.882. The van der Waals surface area contributed by atoms with E-state index in [0.717, 1.165) is 12.0 Å². The number of hydrogen-bond donors (Lipinski definition) is 2. The zero-order valence-corrected chi connectivity index (χ0v) is 10.5. The number of amides is 1. The summed E-state index contributed by atoms with van der Waals surface area (Å²) in [6, 6.07) is 7.25. The van der Waals surface area contributed by atoms with E-state index >= 15 is 0 Å². The summed E-state index contributed by atoms with van der Waals surface area (Å²) in [4.78, 5) is 11.8. The van der Waals surface area contributed by atoms with Gasteiger partial charge in [-0.25, -0.2) is 0 Å². The number of nitrogens with zero attached hydrogens (tertiary/aromatic N) is 3. The Labute approximate surface area is 109 Å². The average Bonchev–Trinajstić information content (AvgIpc) is 2.89. The lowest BCUT2D eigenvalue weighted by Crippen LogP contribution is -2.29. The van der Waals surface area contributed by atoms with Crippen LogP contribution in [0, 0.1) is 0 Å². The predicted molar refractivity (Wildman–Crippen MR) is 66.1 cm³/mol. The van der Waals surface area contributed by atoms with Crippen LogP contribution in [0.2, 0.25) is 5.02 Å². The van der Waals surface area contributed by atoms with Gasteiger partial charge in [0.25, 0.3) is 11.7 Å². The summed E-state index contributed by atoms with van der Waals surface area (Å²) in [7, 11) is 0. The second-order valence-corrected chi connectivity index (χ2v) is 4.16. The van der Waals surface area contributed by atoms with Crippen LogP contribution >= 0.6 is 11.6 Å². The molecular weight excluding hydrogens is 254 g/mol. The maximum atomic E-state index is 11.8. The van der Waals surface area contributed by atoms with E-state index in [-0.39, 0.29) is 17.8 Å². The summed E-state index contributed by atoms with van der Waals surface area (Å²) < 4.78 is 0. The highest BCUT2D eigenvalue weighted by molar-refractivity contribution is 6.30. The van der Waals surface area contributed by atoms with Crippen LogP contribution in [-0.2, 0) is 0 Å². The Hall–Kier alpha value is -1.95. The molecule has 1 aromatic carbocycles. The summed E-state index contributed by atoms with van der Waals surface area (Å²) in [6.45, 7) is 1.97. The first-order chi connectivity index (χ1) is 8.70. The minimum atomic E-state index is -0.365.